The Hall–Kier alpha value is -1.63. The fourth-order valence-corrected chi connectivity index (χ4v) is 1.92. The Labute approximate surface area is 116 Å². The zero-order valence-electron chi connectivity index (χ0n) is 11.1. The summed E-state index contributed by atoms with van der Waals surface area (Å²) in [5.41, 5.74) is 0. The fraction of sp³-hybridized carbons (Fsp3) is 0.636. The van der Waals surface area contributed by atoms with Gasteiger partial charge in [-0.25, -0.2) is 0 Å². The van der Waals surface area contributed by atoms with E-state index in [-0.39, 0.29) is 29.3 Å². The average Bonchev–Trinajstić information content (AvgIpc) is 2.31. The van der Waals surface area contributed by atoms with Crippen molar-refractivity contribution in [1.82, 2.24) is 20.3 Å². The highest BCUT2D eigenvalue weighted by Crippen LogP contribution is 2.19. The van der Waals surface area contributed by atoms with Crippen molar-refractivity contribution in [3.63, 3.8) is 0 Å². The van der Waals surface area contributed by atoms with Crippen molar-refractivity contribution in [3.05, 3.63) is 5.28 Å². The number of carbonyl (C=O) groups excluding carboxylic acids is 1. The molecule has 0 saturated carbocycles. The van der Waals surface area contributed by atoms with Gasteiger partial charge in [0.05, 0.1) is 6.10 Å². The Balaban J connectivity index is 2.28. The number of anilines is 1. The summed E-state index contributed by atoms with van der Waals surface area (Å²) in [6, 6.07) is -0.178. The molecular weight excluding hydrogens is 270 g/mol. The third-order valence-electron chi connectivity index (χ3n) is 2.67. The molecule has 1 fully saturated rings. The van der Waals surface area contributed by atoms with Crippen molar-refractivity contribution in [2.75, 3.05) is 18.0 Å². The molecule has 1 saturated heterocycles. The molecule has 7 nitrogen and oxygen atoms in total. The van der Waals surface area contributed by atoms with E-state index >= 15 is 0 Å². The molecule has 0 aliphatic carbocycles. The Morgan fingerprint density at radius 3 is 2.84 bits per heavy atom. The summed E-state index contributed by atoms with van der Waals surface area (Å²) in [7, 11) is 0. The molecule has 1 amide bonds. The molecule has 2 heterocycles. The van der Waals surface area contributed by atoms with Gasteiger partial charge in [-0.3, -0.25) is 4.79 Å². The van der Waals surface area contributed by atoms with Gasteiger partial charge in [0, 0.05) is 13.1 Å². The third kappa shape index (κ3) is 3.23. The molecule has 1 atom stereocenters. The van der Waals surface area contributed by atoms with E-state index in [0.717, 1.165) is 0 Å². The molecule has 0 radical (unpaired) electrons. The number of amides is 1. The quantitative estimate of drug-likeness (QED) is 0.878. The van der Waals surface area contributed by atoms with E-state index in [0.29, 0.717) is 19.0 Å². The fourth-order valence-electron chi connectivity index (χ4n) is 1.77. The van der Waals surface area contributed by atoms with Crippen LogP contribution in [0.1, 0.15) is 20.8 Å². The van der Waals surface area contributed by atoms with Crippen LogP contribution in [0.2, 0.25) is 5.28 Å². The van der Waals surface area contributed by atoms with Gasteiger partial charge in [-0.2, -0.15) is 15.0 Å². The number of hydrogen-bond acceptors (Lipinski definition) is 6. The number of aromatic nitrogens is 3. The summed E-state index contributed by atoms with van der Waals surface area (Å²) in [5.74, 6) is 0.298. The van der Waals surface area contributed by atoms with Crippen LogP contribution in [0.5, 0.6) is 6.01 Å². The molecule has 1 aromatic rings. The number of piperazine rings is 1. The highest BCUT2D eigenvalue weighted by molar-refractivity contribution is 6.28. The van der Waals surface area contributed by atoms with Crippen LogP contribution in [0.4, 0.5) is 5.95 Å². The smallest absolute Gasteiger partial charge is 0.322 e. The molecule has 1 N–H and O–H groups in total. The van der Waals surface area contributed by atoms with Crippen molar-refractivity contribution in [2.45, 2.75) is 32.9 Å². The van der Waals surface area contributed by atoms with Gasteiger partial charge in [0.1, 0.15) is 6.04 Å². The molecular formula is C11H16ClN5O2. The minimum Gasteiger partial charge on any atom is -0.461 e. The molecule has 104 valence electrons. The van der Waals surface area contributed by atoms with Gasteiger partial charge in [0.2, 0.25) is 17.1 Å². The third-order valence-corrected chi connectivity index (χ3v) is 2.84. The summed E-state index contributed by atoms with van der Waals surface area (Å²) in [5, 5.41) is 2.83. The highest BCUT2D eigenvalue weighted by Gasteiger charge is 2.28. The lowest BCUT2D eigenvalue weighted by Gasteiger charge is -2.32. The highest BCUT2D eigenvalue weighted by atomic mass is 35.5. The van der Waals surface area contributed by atoms with Crippen LogP contribution in [0.3, 0.4) is 0 Å². The van der Waals surface area contributed by atoms with E-state index < -0.39 is 0 Å². The van der Waals surface area contributed by atoms with Crippen LogP contribution in [0, 0.1) is 0 Å². The minimum atomic E-state index is -0.348. The van der Waals surface area contributed by atoms with Gasteiger partial charge < -0.3 is 15.0 Å². The predicted molar refractivity (Wildman–Crippen MR) is 70.4 cm³/mol. The van der Waals surface area contributed by atoms with Crippen LogP contribution in [-0.4, -0.2) is 46.1 Å². The Kier molecular flexibility index (Phi) is 4.04. The number of ether oxygens (including phenoxy) is 1. The second-order valence-electron chi connectivity index (χ2n) is 4.51. The topological polar surface area (TPSA) is 80.2 Å². The normalized spacial score (nSPS) is 19.5. The van der Waals surface area contributed by atoms with E-state index in [1.54, 1.807) is 11.8 Å². The first kappa shape index (κ1) is 13.8. The maximum atomic E-state index is 11.6. The lowest BCUT2D eigenvalue weighted by molar-refractivity contribution is -0.122. The maximum Gasteiger partial charge on any atom is 0.322 e. The summed E-state index contributed by atoms with van der Waals surface area (Å²) < 4.78 is 5.41. The molecule has 1 unspecified atom stereocenters. The van der Waals surface area contributed by atoms with Crippen molar-refractivity contribution < 1.29 is 9.53 Å². The van der Waals surface area contributed by atoms with Crippen molar-refractivity contribution in [1.29, 1.82) is 0 Å². The molecule has 0 aromatic carbocycles. The van der Waals surface area contributed by atoms with E-state index in [1.165, 1.54) is 0 Å². The van der Waals surface area contributed by atoms with Gasteiger partial charge in [-0.1, -0.05) is 0 Å². The zero-order chi connectivity index (χ0) is 14.0. The minimum absolute atomic E-state index is 0.0545. The SMILES string of the molecule is CC(C)Oc1nc(Cl)nc(N2CCNC(=O)C2C)n1. The van der Waals surface area contributed by atoms with Crippen LogP contribution in [0.15, 0.2) is 0 Å². The predicted octanol–water partition coefficient (Wildman–Crippen LogP) is 0.637. The van der Waals surface area contributed by atoms with Crippen molar-refractivity contribution in [2.24, 2.45) is 0 Å². The van der Waals surface area contributed by atoms with Gasteiger partial charge in [0.25, 0.3) is 0 Å². The monoisotopic (exact) mass is 285 g/mol. The largest absolute Gasteiger partial charge is 0.461 e. The number of hydrogen-bond donors (Lipinski definition) is 1. The Morgan fingerprint density at radius 2 is 2.16 bits per heavy atom. The summed E-state index contributed by atoms with van der Waals surface area (Å²) in [4.78, 5) is 25.6. The van der Waals surface area contributed by atoms with Gasteiger partial charge in [0.15, 0.2) is 0 Å². The van der Waals surface area contributed by atoms with Crippen molar-refractivity contribution >= 4 is 23.5 Å². The number of nitrogens with one attached hydrogen (secondary N) is 1. The van der Waals surface area contributed by atoms with Gasteiger partial charge in [-0.05, 0) is 32.4 Å². The number of carbonyl (C=O) groups is 1. The molecule has 8 heteroatoms. The van der Waals surface area contributed by atoms with Gasteiger partial charge >= 0.3 is 6.01 Å². The first-order valence-corrected chi connectivity index (χ1v) is 6.47. The van der Waals surface area contributed by atoms with Crippen LogP contribution in [0.25, 0.3) is 0 Å². The molecule has 1 aromatic heterocycles. The van der Waals surface area contributed by atoms with Crippen molar-refractivity contribution in [3.8, 4) is 6.01 Å². The van der Waals surface area contributed by atoms with Crippen LogP contribution in [-0.2, 0) is 4.79 Å². The van der Waals surface area contributed by atoms with E-state index in [1.807, 2.05) is 13.8 Å². The summed E-state index contributed by atoms with van der Waals surface area (Å²) in [6.07, 6.45) is -0.0617. The van der Waals surface area contributed by atoms with E-state index in [4.69, 9.17) is 16.3 Å². The first-order valence-electron chi connectivity index (χ1n) is 6.10. The number of rotatable bonds is 3. The molecule has 0 bridgehead atoms. The average molecular weight is 286 g/mol. The molecule has 0 spiro atoms. The first-order chi connectivity index (χ1) is 8.97. The molecule has 1 aliphatic heterocycles. The lowest BCUT2D eigenvalue weighted by atomic mass is 10.2. The molecule has 2 rings (SSSR count). The van der Waals surface area contributed by atoms with Crippen LogP contribution < -0.4 is 15.0 Å². The standard InChI is InChI=1S/C11H16ClN5O2/c1-6(2)19-11-15-9(12)14-10(16-11)17-5-4-13-8(18)7(17)3/h6-7H,4-5H2,1-3H3,(H,13,18). The summed E-state index contributed by atoms with van der Waals surface area (Å²) in [6.45, 7) is 6.69. The molecule has 1 aliphatic rings. The number of nitrogens with zero attached hydrogens (tertiary/aromatic N) is 4. The van der Waals surface area contributed by atoms with Crippen LogP contribution >= 0.6 is 11.6 Å². The Bertz CT molecular complexity index is 482. The number of halogens is 1. The van der Waals surface area contributed by atoms with E-state index in [2.05, 4.69) is 20.3 Å². The second-order valence-corrected chi connectivity index (χ2v) is 4.85. The van der Waals surface area contributed by atoms with Gasteiger partial charge in [-0.15, -0.1) is 0 Å². The summed E-state index contributed by atoms with van der Waals surface area (Å²) >= 11 is 5.87. The maximum absolute atomic E-state index is 11.6. The molecule has 19 heavy (non-hydrogen) atoms. The zero-order valence-corrected chi connectivity index (χ0v) is 11.8. The lowest BCUT2D eigenvalue weighted by Crippen LogP contribution is -2.54. The second kappa shape index (κ2) is 5.56. The van der Waals surface area contributed by atoms with E-state index in [9.17, 15) is 4.79 Å². The Morgan fingerprint density at radius 1 is 1.42 bits per heavy atom.